The smallest absolute Gasteiger partial charge is 0.253 e. The minimum absolute atomic E-state index is 0.00327. The molecule has 190 valence electrons. The maximum atomic E-state index is 13.2. The average Bonchev–Trinajstić information content (AvgIpc) is 3.40. The molecule has 9 nitrogen and oxygen atoms in total. The van der Waals surface area contributed by atoms with Crippen LogP contribution < -0.4 is 10.1 Å². The fourth-order valence-corrected chi connectivity index (χ4v) is 5.43. The lowest BCUT2D eigenvalue weighted by atomic mass is 10.0. The third-order valence-corrected chi connectivity index (χ3v) is 7.43. The molecule has 2 N–H and O–H groups in total. The summed E-state index contributed by atoms with van der Waals surface area (Å²) >= 11 is 0. The van der Waals surface area contributed by atoms with Crippen LogP contribution in [0, 0.1) is 13.8 Å². The van der Waals surface area contributed by atoms with Crippen LogP contribution >= 0.6 is 0 Å². The molecule has 0 saturated carbocycles. The van der Waals surface area contributed by atoms with Gasteiger partial charge in [-0.15, -0.1) is 0 Å². The molecule has 2 aromatic rings. The lowest BCUT2D eigenvalue weighted by molar-refractivity contribution is -0.126. The largest absolute Gasteiger partial charge is 0.497 e. The molecule has 0 radical (unpaired) electrons. The molecular formula is C26H37N5O4. The van der Waals surface area contributed by atoms with E-state index in [2.05, 4.69) is 22.2 Å². The van der Waals surface area contributed by atoms with E-state index in [4.69, 9.17) is 4.74 Å². The standard InChI is InChI=1S/C26H37N5O4/c1-5-31-18(3)23(17(2)28-31)15-27-25(33)24-14-21(32)16-30(24)20-9-11-29(12-10-20)26(34)19-7-6-8-22(13-19)35-4/h6-8,13,20-21,24,32H,5,9-12,14-16H2,1-4H3,(H,27,33)/t21-,24+/m1/s1. The normalized spacial score (nSPS) is 21.3. The van der Waals surface area contributed by atoms with Gasteiger partial charge in [0.2, 0.25) is 5.91 Å². The molecule has 0 bridgehead atoms. The molecule has 2 aliphatic heterocycles. The van der Waals surface area contributed by atoms with Crippen LogP contribution in [0.25, 0.3) is 0 Å². The topological polar surface area (TPSA) is 99.9 Å². The Labute approximate surface area is 207 Å². The minimum Gasteiger partial charge on any atom is -0.497 e. The van der Waals surface area contributed by atoms with E-state index >= 15 is 0 Å². The molecule has 4 rings (SSSR count). The van der Waals surface area contributed by atoms with E-state index < -0.39 is 6.10 Å². The number of amides is 2. The van der Waals surface area contributed by atoms with Crippen LogP contribution in [0.3, 0.4) is 0 Å². The Balaban J connectivity index is 1.36. The second-order valence-corrected chi connectivity index (χ2v) is 9.54. The van der Waals surface area contributed by atoms with Gasteiger partial charge in [0, 0.05) is 55.6 Å². The maximum Gasteiger partial charge on any atom is 0.253 e. The Kier molecular flexibility index (Phi) is 7.76. The highest BCUT2D eigenvalue weighted by atomic mass is 16.5. The molecule has 2 saturated heterocycles. The van der Waals surface area contributed by atoms with E-state index in [-0.39, 0.29) is 23.9 Å². The molecule has 0 aliphatic carbocycles. The monoisotopic (exact) mass is 483 g/mol. The van der Waals surface area contributed by atoms with E-state index in [0.717, 1.165) is 36.3 Å². The van der Waals surface area contributed by atoms with Crippen LogP contribution in [0.1, 0.15) is 53.5 Å². The first-order valence-corrected chi connectivity index (χ1v) is 12.5. The summed E-state index contributed by atoms with van der Waals surface area (Å²) < 4.78 is 7.19. The molecule has 2 fully saturated rings. The molecular weight excluding hydrogens is 446 g/mol. The third-order valence-electron chi connectivity index (χ3n) is 7.43. The number of nitrogens with one attached hydrogen (secondary N) is 1. The highest BCUT2D eigenvalue weighted by Gasteiger charge is 2.41. The van der Waals surface area contributed by atoms with Gasteiger partial charge in [0.15, 0.2) is 0 Å². The zero-order valence-electron chi connectivity index (χ0n) is 21.2. The Morgan fingerprint density at radius 3 is 2.63 bits per heavy atom. The number of likely N-dealkylation sites (tertiary alicyclic amines) is 2. The van der Waals surface area contributed by atoms with Crippen LogP contribution in [-0.4, -0.2) is 81.4 Å². The summed E-state index contributed by atoms with van der Waals surface area (Å²) in [4.78, 5) is 30.1. The van der Waals surface area contributed by atoms with Gasteiger partial charge in [-0.05, 0) is 58.2 Å². The summed E-state index contributed by atoms with van der Waals surface area (Å²) in [5.74, 6) is 0.606. The number of aliphatic hydroxyl groups is 1. The number of rotatable bonds is 7. The minimum atomic E-state index is -0.520. The molecule has 0 unspecified atom stereocenters. The number of piperidine rings is 1. The SMILES string of the molecule is CCn1nc(C)c(CNC(=O)[C@@H]2C[C@@H](O)CN2C2CCN(C(=O)c3cccc(OC)c3)CC2)c1C. The summed E-state index contributed by atoms with van der Waals surface area (Å²) in [6, 6.07) is 7.01. The van der Waals surface area contributed by atoms with E-state index in [9.17, 15) is 14.7 Å². The van der Waals surface area contributed by atoms with Crippen molar-refractivity contribution in [3.63, 3.8) is 0 Å². The molecule has 2 atom stereocenters. The number of nitrogens with zero attached hydrogens (tertiary/aromatic N) is 4. The summed E-state index contributed by atoms with van der Waals surface area (Å²) in [6.45, 7) is 9.00. The second-order valence-electron chi connectivity index (χ2n) is 9.54. The van der Waals surface area contributed by atoms with Gasteiger partial charge in [-0.1, -0.05) is 6.07 Å². The Morgan fingerprint density at radius 1 is 1.23 bits per heavy atom. The number of methoxy groups -OCH3 is 1. The van der Waals surface area contributed by atoms with Gasteiger partial charge in [-0.25, -0.2) is 0 Å². The van der Waals surface area contributed by atoms with Crippen molar-refractivity contribution in [3.05, 3.63) is 46.8 Å². The fourth-order valence-electron chi connectivity index (χ4n) is 5.43. The van der Waals surface area contributed by atoms with Crippen molar-refractivity contribution in [3.8, 4) is 5.75 Å². The maximum absolute atomic E-state index is 13.2. The third kappa shape index (κ3) is 5.36. The van der Waals surface area contributed by atoms with Crippen molar-refractivity contribution >= 4 is 11.8 Å². The molecule has 2 amide bonds. The summed E-state index contributed by atoms with van der Waals surface area (Å²) in [5, 5.41) is 18.0. The number of aromatic nitrogens is 2. The van der Waals surface area contributed by atoms with E-state index in [1.54, 1.807) is 13.2 Å². The number of carbonyl (C=O) groups excluding carboxylic acids is 2. The van der Waals surface area contributed by atoms with Crippen LogP contribution in [0.4, 0.5) is 0 Å². The predicted octanol–water partition coefficient (Wildman–Crippen LogP) is 1.88. The Morgan fingerprint density at radius 2 is 1.97 bits per heavy atom. The molecule has 3 heterocycles. The number of aliphatic hydroxyl groups excluding tert-OH is 1. The zero-order valence-corrected chi connectivity index (χ0v) is 21.2. The Bertz CT molecular complexity index is 1060. The number of carbonyl (C=O) groups is 2. The van der Waals surface area contributed by atoms with Crippen LogP contribution in [-0.2, 0) is 17.9 Å². The predicted molar refractivity (Wildman–Crippen MR) is 132 cm³/mol. The lowest BCUT2D eigenvalue weighted by Crippen LogP contribution is -2.52. The summed E-state index contributed by atoms with van der Waals surface area (Å²) in [6.07, 6.45) is 1.45. The highest BCUT2D eigenvalue weighted by molar-refractivity contribution is 5.94. The van der Waals surface area contributed by atoms with Gasteiger partial charge in [0.25, 0.3) is 5.91 Å². The fraction of sp³-hybridized carbons (Fsp3) is 0.577. The van der Waals surface area contributed by atoms with Crippen molar-refractivity contribution in [2.75, 3.05) is 26.7 Å². The molecule has 35 heavy (non-hydrogen) atoms. The summed E-state index contributed by atoms with van der Waals surface area (Å²) in [7, 11) is 1.59. The lowest BCUT2D eigenvalue weighted by Gasteiger charge is -2.39. The number of benzene rings is 1. The number of β-amino-alcohol motifs (C(OH)–C–C–N with tert-alkyl or cyclic N) is 1. The van der Waals surface area contributed by atoms with E-state index in [0.29, 0.717) is 43.9 Å². The van der Waals surface area contributed by atoms with Crippen molar-refractivity contribution in [2.45, 2.75) is 71.3 Å². The van der Waals surface area contributed by atoms with Gasteiger partial charge < -0.3 is 20.1 Å². The van der Waals surface area contributed by atoms with Gasteiger partial charge >= 0.3 is 0 Å². The van der Waals surface area contributed by atoms with E-state index in [1.807, 2.05) is 41.6 Å². The zero-order chi connectivity index (χ0) is 25.1. The molecule has 1 aromatic carbocycles. The number of hydrogen-bond donors (Lipinski definition) is 2. The van der Waals surface area contributed by atoms with Crippen LogP contribution in [0.5, 0.6) is 5.75 Å². The van der Waals surface area contributed by atoms with Crippen molar-refractivity contribution < 1.29 is 19.4 Å². The molecule has 0 spiro atoms. The van der Waals surface area contributed by atoms with Crippen molar-refractivity contribution in [1.82, 2.24) is 24.9 Å². The highest BCUT2D eigenvalue weighted by Crippen LogP contribution is 2.28. The first-order chi connectivity index (χ1) is 16.8. The summed E-state index contributed by atoms with van der Waals surface area (Å²) in [5.41, 5.74) is 3.67. The van der Waals surface area contributed by atoms with Crippen molar-refractivity contribution in [1.29, 1.82) is 0 Å². The molecule has 1 aromatic heterocycles. The van der Waals surface area contributed by atoms with Gasteiger partial charge in [-0.3, -0.25) is 19.2 Å². The number of hydrogen-bond acceptors (Lipinski definition) is 6. The number of ether oxygens (including phenoxy) is 1. The quantitative estimate of drug-likeness (QED) is 0.624. The van der Waals surface area contributed by atoms with Gasteiger partial charge in [0.1, 0.15) is 5.75 Å². The van der Waals surface area contributed by atoms with Gasteiger partial charge in [-0.2, -0.15) is 5.10 Å². The van der Waals surface area contributed by atoms with Crippen molar-refractivity contribution in [2.24, 2.45) is 0 Å². The van der Waals surface area contributed by atoms with Crippen LogP contribution in [0.2, 0.25) is 0 Å². The first-order valence-electron chi connectivity index (χ1n) is 12.5. The first kappa shape index (κ1) is 25.2. The second kappa shape index (κ2) is 10.8. The average molecular weight is 484 g/mol. The van der Waals surface area contributed by atoms with Gasteiger partial charge in [0.05, 0.1) is 24.9 Å². The molecule has 9 heteroatoms. The van der Waals surface area contributed by atoms with E-state index in [1.165, 1.54) is 0 Å². The number of aryl methyl sites for hydroxylation is 2. The Hall–Kier alpha value is -2.91. The molecule has 2 aliphatic rings. The van der Waals surface area contributed by atoms with Crippen LogP contribution in [0.15, 0.2) is 24.3 Å².